The number of morpholine rings is 1. The first-order chi connectivity index (χ1) is 13.8. The molecule has 10 heteroatoms. The number of carbonyl (C=O) groups excluding carboxylic acids is 1. The molecule has 2 aliphatic heterocycles. The van der Waals surface area contributed by atoms with Crippen LogP contribution in [0.5, 0.6) is 0 Å². The maximum absolute atomic E-state index is 14.1. The van der Waals surface area contributed by atoms with Gasteiger partial charge in [0.05, 0.1) is 25.0 Å². The van der Waals surface area contributed by atoms with Gasteiger partial charge in [-0.15, -0.1) is 0 Å². The van der Waals surface area contributed by atoms with E-state index in [0.29, 0.717) is 45.7 Å². The summed E-state index contributed by atoms with van der Waals surface area (Å²) in [4.78, 5) is 16.5. The van der Waals surface area contributed by atoms with Crippen molar-refractivity contribution in [3.8, 4) is 0 Å². The van der Waals surface area contributed by atoms with Crippen LogP contribution < -0.4 is 0 Å². The van der Waals surface area contributed by atoms with Crippen molar-refractivity contribution < 1.29 is 22.3 Å². The first-order valence-corrected chi connectivity index (χ1v) is 12.0. The van der Waals surface area contributed by atoms with Gasteiger partial charge < -0.3 is 9.64 Å². The standard InChI is InChI=1S/C19H27ClFN3O4S/c1-29(26,27)24(8-7-22-9-11-28-12-10-22)16-3-2-6-23(14-16)19(25)17-13-15(20)4-5-18(17)21/h4-5,13,16H,2-3,6-12,14H2,1H3. The van der Waals surface area contributed by atoms with Crippen LogP contribution in [0.4, 0.5) is 4.39 Å². The number of ether oxygens (including phenoxy) is 1. The van der Waals surface area contributed by atoms with Gasteiger partial charge in [0.25, 0.3) is 5.91 Å². The van der Waals surface area contributed by atoms with E-state index in [1.54, 1.807) is 0 Å². The Bertz CT molecular complexity index is 833. The van der Waals surface area contributed by atoms with Gasteiger partial charge in [-0.25, -0.2) is 12.8 Å². The Morgan fingerprint density at radius 1 is 1.31 bits per heavy atom. The predicted molar refractivity (Wildman–Crippen MR) is 109 cm³/mol. The molecule has 1 aromatic carbocycles. The lowest BCUT2D eigenvalue weighted by Gasteiger charge is -2.39. The number of sulfonamides is 1. The number of rotatable bonds is 6. The van der Waals surface area contributed by atoms with Crippen LogP contribution in [0.1, 0.15) is 23.2 Å². The molecular weight excluding hydrogens is 421 g/mol. The van der Waals surface area contributed by atoms with Gasteiger partial charge in [-0.1, -0.05) is 11.6 Å². The number of hydrogen-bond acceptors (Lipinski definition) is 5. The molecule has 0 N–H and O–H groups in total. The highest BCUT2D eigenvalue weighted by Gasteiger charge is 2.33. The Morgan fingerprint density at radius 2 is 2.03 bits per heavy atom. The molecule has 0 spiro atoms. The fraction of sp³-hybridized carbons (Fsp3) is 0.632. The topological polar surface area (TPSA) is 70.2 Å². The summed E-state index contributed by atoms with van der Waals surface area (Å²) in [6.45, 7) is 4.53. The normalized spacial score (nSPS) is 21.5. The van der Waals surface area contributed by atoms with Crippen molar-refractivity contribution in [2.45, 2.75) is 18.9 Å². The average molecular weight is 448 g/mol. The minimum Gasteiger partial charge on any atom is -0.379 e. The van der Waals surface area contributed by atoms with Crippen LogP contribution in [-0.2, 0) is 14.8 Å². The van der Waals surface area contributed by atoms with Crippen molar-refractivity contribution in [3.63, 3.8) is 0 Å². The Balaban J connectivity index is 1.70. The summed E-state index contributed by atoms with van der Waals surface area (Å²) < 4.78 is 45.8. The molecule has 2 heterocycles. The maximum atomic E-state index is 14.1. The Hall–Kier alpha value is -1.26. The summed E-state index contributed by atoms with van der Waals surface area (Å²) in [6.07, 6.45) is 2.52. The van der Waals surface area contributed by atoms with Crippen molar-refractivity contribution in [1.82, 2.24) is 14.1 Å². The molecule has 0 aromatic heterocycles. The first-order valence-electron chi connectivity index (χ1n) is 9.77. The molecule has 1 unspecified atom stereocenters. The summed E-state index contributed by atoms with van der Waals surface area (Å²) in [6, 6.07) is 3.55. The molecule has 3 rings (SSSR count). The smallest absolute Gasteiger partial charge is 0.256 e. The molecule has 2 saturated heterocycles. The van der Waals surface area contributed by atoms with Crippen LogP contribution in [0.25, 0.3) is 0 Å². The fourth-order valence-corrected chi connectivity index (χ4v) is 5.19. The van der Waals surface area contributed by atoms with Gasteiger partial charge in [0.15, 0.2) is 0 Å². The van der Waals surface area contributed by atoms with E-state index in [1.165, 1.54) is 33.7 Å². The van der Waals surface area contributed by atoms with Crippen LogP contribution >= 0.6 is 11.6 Å². The van der Waals surface area contributed by atoms with E-state index < -0.39 is 21.7 Å². The van der Waals surface area contributed by atoms with Gasteiger partial charge in [0.1, 0.15) is 5.82 Å². The molecule has 7 nitrogen and oxygen atoms in total. The minimum atomic E-state index is -3.45. The lowest BCUT2D eigenvalue weighted by atomic mass is 10.0. The second-order valence-electron chi connectivity index (χ2n) is 7.50. The summed E-state index contributed by atoms with van der Waals surface area (Å²) >= 11 is 5.92. The quantitative estimate of drug-likeness (QED) is 0.663. The Labute approximate surface area is 176 Å². The number of carbonyl (C=O) groups is 1. The van der Waals surface area contributed by atoms with Gasteiger partial charge in [0, 0.05) is 50.3 Å². The fourth-order valence-electron chi connectivity index (χ4n) is 3.89. The summed E-state index contributed by atoms with van der Waals surface area (Å²) in [5.74, 6) is -1.09. The van der Waals surface area contributed by atoms with Gasteiger partial charge in [-0.05, 0) is 31.0 Å². The third-order valence-corrected chi connectivity index (χ3v) is 6.98. The molecule has 1 aromatic rings. The summed E-state index contributed by atoms with van der Waals surface area (Å²) in [7, 11) is -3.45. The molecule has 29 heavy (non-hydrogen) atoms. The van der Waals surface area contributed by atoms with Crippen LogP contribution in [0, 0.1) is 5.82 Å². The minimum absolute atomic E-state index is 0.0858. The SMILES string of the molecule is CS(=O)(=O)N(CCN1CCOCC1)C1CCCN(C(=O)c2cc(Cl)ccc2F)C1. The third kappa shape index (κ3) is 5.88. The second-order valence-corrected chi connectivity index (χ2v) is 9.87. The monoisotopic (exact) mass is 447 g/mol. The molecule has 0 bridgehead atoms. The number of halogens is 2. The lowest BCUT2D eigenvalue weighted by Crippen LogP contribution is -2.53. The Morgan fingerprint density at radius 3 is 2.72 bits per heavy atom. The predicted octanol–water partition coefficient (Wildman–Crippen LogP) is 1.68. The Kier molecular flexibility index (Phi) is 7.50. The van der Waals surface area contributed by atoms with Gasteiger partial charge in [-0.2, -0.15) is 4.31 Å². The number of likely N-dealkylation sites (tertiary alicyclic amines) is 1. The van der Waals surface area contributed by atoms with E-state index in [4.69, 9.17) is 16.3 Å². The van der Waals surface area contributed by atoms with E-state index in [1.807, 2.05) is 0 Å². The molecule has 0 saturated carbocycles. The number of benzene rings is 1. The summed E-state index contributed by atoms with van der Waals surface area (Å²) in [5, 5.41) is 0.284. The first kappa shape index (κ1) is 22.4. The molecule has 1 amide bonds. The molecule has 2 fully saturated rings. The van der Waals surface area contributed by atoms with E-state index in [9.17, 15) is 17.6 Å². The van der Waals surface area contributed by atoms with Crippen molar-refractivity contribution in [1.29, 1.82) is 0 Å². The van der Waals surface area contributed by atoms with E-state index in [2.05, 4.69) is 4.90 Å². The molecule has 162 valence electrons. The molecular formula is C19H27ClFN3O4S. The largest absolute Gasteiger partial charge is 0.379 e. The van der Waals surface area contributed by atoms with E-state index in [-0.39, 0.29) is 23.2 Å². The van der Waals surface area contributed by atoms with Crippen LogP contribution in [-0.4, -0.2) is 93.2 Å². The highest BCUT2D eigenvalue weighted by molar-refractivity contribution is 7.88. The molecule has 1 atom stereocenters. The number of amides is 1. The third-order valence-electron chi connectivity index (χ3n) is 5.42. The lowest BCUT2D eigenvalue weighted by molar-refractivity contribution is 0.0334. The van der Waals surface area contributed by atoms with Crippen molar-refractivity contribution in [3.05, 3.63) is 34.6 Å². The van der Waals surface area contributed by atoms with E-state index in [0.717, 1.165) is 13.1 Å². The van der Waals surface area contributed by atoms with Gasteiger partial charge in [0.2, 0.25) is 10.0 Å². The number of piperidine rings is 1. The zero-order valence-corrected chi connectivity index (χ0v) is 18.1. The van der Waals surface area contributed by atoms with Crippen LogP contribution in [0.2, 0.25) is 5.02 Å². The van der Waals surface area contributed by atoms with Gasteiger partial charge >= 0.3 is 0 Å². The van der Waals surface area contributed by atoms with Crippen molar-refractivity contribution in [2.24, 2.45) is 0 Å². The summed E-state index contributed by atoms with van der Waals surface area (Å²) in [5.41, 5.74) is -0.0858. The molecule has 0 radical (unpaired) electrons. The van der Waals surface area contributed by atoms with Crippen LogP contribution in [0.3, 0.4) is 0 Å². The van der Waals surface area contributed by atoms with Gasteiger partial charge in [-0.3, -0.25) is 9.69 Å². The molecule has 2 aliphatic rings. The maximum Gasteiger partial charge on any atom is 0.256 e. The molecule has 0 aliphatic carbocycles. The number of hydrogen-bond donors (Lipinski definition) is 0. The average Bonchev–Trinajstić information content (AvgIpc) is 2.69. The van der Waals surface area contributed by atoms with E-state index >= 15 is 0 Å². The zero-order valence-electron chi connectivity index (χ0n) is 16.5. The zero-order chi connectivity index (χ0) is 21.0. The second kappa shape index (κ2) is 9.70. The highest BCUT2D eigenvalue weighted by atomic mass is 35.5. The van der Waals surface area contributed by atoms with Crippen molar-refractivity contribution in [2.75, 3.05) is 58.7 Å². The van der Waals surface area contributed by atoms with Crippen LogP contribution in [0.15, 0.2) is 18.2 Å². The highest BCUT2D eigenvalue weighted by Crippen LogP contribution is 2.22. The number of nitrogens with zero attached hydrogens (tertiary/aromatic N) is 3. The van der Waals surface area contributed by atoms with Crippen molar-refractivity contribution >= 4 is 27.5 Å².